The van der Waals surface area contributed by atoms with Crippen LogP contribution < -0.4 is 10.2 Å². The minimum absolute atomic E-state index is 0.103. The van der Waals surface area contributed by atoms with E-state index in [1.165, 1.54) is 11.3 Å². The number of aryl methyl sites for hydroxylation is 1. The Morgan fingerprint density at radius 3 is 2.73 bits per heavy atom. The van der Waals surface area contributed by atoms with Gasteiger partial charge in [0.25, 0.3) is 5.91 Å². The average Bonchev–Trinajstić information content (AvgIpc) is 3.14. The maximum atomic E-state index is 13.0. The van der Waals surface area contributed by atoms with Crippen LogP contribution in [0.4, 0.5) is 0 Å². The van der Waals surface area contributed by atoms with Crippen molar-refractivity contribution < 1.29 is 14.3 Å². The van der Waals surface area contributed by atoms with E-state index in [0.29, 0.717) is 29.6 Å². The fourth-order valence-electron chi connectivity index (χ4n) is 3.47. The summed E-state index contributed by atoms with van der Waals surface area (Å²) in [5.41, 5.74) is 5.79. The zero-order valence-electron chi connectivity index (χ0n) is 18.1. The van der Waals surface area contributed by atoms with Crippen LogP contribution in [0.3, 0.4) is 0 Å². The highest BCUT2D eigenvalue weighted by atomic mass is 32.1. The number of benzene rings is 1. The molecule has 1 aromatic carbocycles. The largest absolute Gasteiger partial charge is 0.496 e. The molecule has 1 N–H and O–H groups in total. The molecule has 1 amide bonds. The van der Waals surface area contributed by atoms with Crippen LogP contribution in [0.25, 0.3) is 10.6 Å². The van der Waals surface area contributed by atoms with Crippen molar-refractivity contribution in [3.05, 3.63) is 58.6 Å². The summed E-state index contributed by atoms with van der Waals surface area (Å²) in [6.07, 6.45) is 6.44. The molecule has 3 rings (SSSR count). The Morgan fingerprint density at radius 1 is 1.30 bits per heavy atom. The third-order valence-electron chi connectivity index (χ3n) is 5.12. The molecule has 0 radical (unpaired) electrons. The molecule has 2 aromatic rings. The number of carbonyl (C=O) groups excluding carboxylic acids is 1. The maximum Gasteiger partial charge on any atom is 0.277 e. The second-order valence-corrected chi connectivity index (χ2v) is 8.25. The molecule has 0 spiro atoms. The van der Waals surface area contributed by atoms with Crippen LogP contribution in [0.1, 0.15) is 29.2 Å². The van der Waals surface area contributed by atoms with Gasteiger partial charge in [0.15, 0.2) is 0 Å². The molecular formula is C23H29N3O3S. The van der Waals surface area contributed by atoms with E-state index in [4.69, 9.17) is 9.47 Å². The van der Waals surface area contributed by atoms with E-state index in [2.05, 4.69) is 35.6 Å². The van der Waals surface area contributed by atoms with Gasteiger partial charge in [-0.1, -0.05) is 44.2 Å². The molecule has 1 aliphatic carbocycles. The van der Waals surface area contributed by atoms with Gasteiger partial charge in [0, 0.05) is 26.1 Å². The predicted molar refractivity (Wildman–Crippen MR) is 121 cm³/mol. The Bertz CT molecular complexity index is 951. The van der Waals surface area contributed by atoms with Crippen molar-refractivity contribution in [1.29, 1.82) is 0 Å². The van der Waals surface area contributed by atoms with Crippen LogP contribution in [0, 0.1) is 12.8 Å². The number of carbonyl (C=O) groups is 1. The van der Waals surface area contributed by atoms with Crippen molar-refractivity contribution in [3.63, 3.8) is 0 Å². The molecule has 0 aliphatic heterocycles. The van der Waals surface area contributed by atoms with Gasteiger partial charge in [-0.3, -0.25) is 10.2 Å². The van der Waals surface area contributed by atoms with Gasteiger partial charge in [-0.05, 0) is 24.6 Å². The lowest BCUT2D eigenvalue weighted by atomic mass is 9.95. The summed E-state index contributed by atoms with van der Waals surface area (Å²) < 4.78 is 10.9. The number of hydrogen-bond donors (Lipinski definition) is 1. The fourth-order valence-corrected chi connectivity index (χ4v) is 4.46. The highest BCUT2D eigenvalue weighted by molar-refractivity contribution is 7.17. The molecule has 1 aliphatic rings. The standard InChI is InChI=1S/C23H29N3O3S/c1-6-26(14-17-11-12-19(28-4)15(2)13-17)25-22(27)21-16(3)24-23(30-21)18-9-7-8-10-20(18)29-5/h7-13,15,19H,6,14H2,1-5H3,(H,25,27). The Balaban J connectivity index is 1.72. The van der Waals surface area contributed by atoms with Gasteiger partial charge >= 0.3 is 0 Å². The molecule has 160 valence electrons. The number of hydrazine groups is 1. The van der Waals surface area contributed by atoms with Crippen LogP contribution in [0.15, 0.2) is 48.1 Å². The minimum Gasteiger partial charge on any atom is -0.496 e. The number of amides is 1. The number of nitrogens with zero attached hydrogens (tertiary/aromatic N) is 2. The topological polar surface area (TPSA) is 63.7 Å². The summed E-state index contributed by atoms with van der Waals surface area (Å²) in [6.45, 7) is 7.34. The predicted octanol–water partition coefficient (Wildman–Crippen LogP) is 4.24. The Morgan fingerprint density at radius 2 is 2.07 bits per heavy atom. The summed E-state index contributed by atoms with van der Waals surface area (Å²) >= 11 is 1.38. The first kappa shape index (κ1) is 22.2. The molecule has 30 heavy (non-hydrogen) atoms. The van der Waals surface area contributed by atoms with Crippen LogP contribution >= 0.6 is 11.3 Å². The van der Waals surface area contributed by atoms with Gasteiger partial charge in [0.2, 0.25) is 0 Å². The van der Waals surface area contributed by atoms with Crippen molar-refractivity contribution in [2.75, 3.05) is 27.3 Å². The van der Waals surface area contributed by atoms with E-state index >= 15 is 0 Å². The van der Waals surface area contributed by atoms with E-state index in [9.17, 15) is 4.79 Å². The molecule has 0 fully saturated rings. The maximum absolute atomic E-state index is 13.0. The minimum atomic E-state index is -0.142. The molecule has 0 saturated carbocycles. The second kappa shape index (κ2) is 10.0. The molecule has 2 atom stereocenters. The smallest absolute Gasteiger partial charge is 0.277 e. The van der Waals surface area contributed by atoms with Crippen LogP contribution in [-0.4, -0.2) is 49.3 Å². The first-order chi connectivity index (χ1) is 14.5. The number of hydrogen-bond acceptors (Lipinski definition) is 6. The van der Waals surface area contributed by atoms with Crippen molar-refractivity contribution in [2.24, 2.45) is 5.92 Å². The fraction of sp³-hybridized carbons (Fsp3) is 0.391. The van der Waals surface area contributed by atoms with E-state index < -0.39 is 0 Å². The lowest BCUT2D eigenvalue weighted by molar-refractivity contribution is 0.0813. The number of nitrogens with one attached hydrogen (secondary N) is 1. The van der Waals surface area contributed by atoms with Crippen LogP contribution in [-0.2, 0) is 4.74 Å². The molecule has 0 bridgehead atoms. The summed E-state index contributed by atoms with van der Waals surface area (Å²) in [4.78, 5) is 18.2. The number of thiazole rings is 1. The SMILES string of the molecule is CCN(CC1=CC(C)C(OC)C=C1)NC(=O)c1sc(-c2ccccc2OC)nc1C. The number of methoxy groups -OCH3 is 2. The van der Waals surface area contributed by atoms with E-state index in [1.807, 2.05) is 43.1 Å². The first-order valence-corrected chi connectivity index (χ1v) is 10.9. The number of para-hydroxylation sites is 1. The Labute approximate surface area is 182 Å². The highest BCUT2D eigenvalue weighted by Gasteiger charge is 2.21. The van der Waals surface area contributed by atoms with Gasteiger partial charge in [-0.25, -0.2) is 9.99 Å². The average molecular weight is 428 g/mol. The first-order valence-electron chi connectivity index (χ1n) is 10.0. The Kier molecular flexibility index (Phi) is 7.42. The molecule has 6 nitrogen and oxygen atoms in total. The zero-order valence-corrected chi connectivity index (χ0v) is 19.0. The second-order valence-electron chi connectivity index (χ2n) is 7.25. The molecular weight excluding hydrogens is 398 g/mol. The summed E-state index contributed by atoms with van der Waals surface area (Å²) in [5.74, 6) is 0.903. The monoisotopic (exact) mass is 427 g/mol. The number of rotatable bonds is 8. The normalized spacial score (nSPS) is 18.4. The van der Waals surface area contributed by atoms with Crippen molar-refractivity contribution in [3.8, 4) is 16.3 Å². The van der Waals surface area contributed by atoms with Gasteiger partial charge in [0.05, 0.1) is 24.5 Å². The summed E-state index contributed by atoms with van der Waals surface area (Å²) in [7, 11) is 3.36. The molecule has 1 aromatic heterocycles. The third-order valence-corrected chi connectivity index (χ3v) is 6.31. The van der Waals surface area contributed by atoms with Crippen molar-refractivity contribution in [2.45, 2.75) is 26.9 Å². The van der Waals surface area contributed by atoms with E-state index in [1.54, 1.807) is 14.2 Å². The van der Waals surface area contributed by atoms with Crippen molar-refractivity contribution >= 4 is 17.2 Å². The Hall–Kier alpha value is -2.48. The summed E-state index contributed by atoms with van der Waals surface area (Å²) in [5, 5.41) is 2.69. The van der Waals surface area contributed by atoms with E-state index in [-0.39, 0.29) is 12.0 Å². The van der Waals surface area contributed by atoms with Crippen LogP contribution in [0.5, 0.6) is 5.75 Å². The molecule has 0 saturated heterocycles. The molecule has 1 heterocycles. The van der Waals surface area contributed by atoms with Gasteiger partial charge in [-0.2, -0.15) is 0 Å². The quantitative estimate of drug-likeness (QED) is 0.639. The summed E-state index contributed by atoms with van der Waals surface area (Å²) in [6, 6.07) is 7.70. The number of likely N-dealkylation sites (N-methyl/N-ethyl adjacent to an activating group) is 1. The number of ether oxygens (including phenoxy) is 2. The third kappa shape index (κ3) is 4.98. The molecule has 2 unspecified atom stereocenters. The number of aromatic nitrogens is 1. The molecule has 7 heteroatoms. The van der Waals surface area contributed by atoms with Crippen molar-refractivity contribution in [1.82, 2.24) is 15.4 Å². The lowest BCUT2D eigenvalue weighted by Gasteiger charge is -2.26. The highest BCUT2D eigenvalue weighted by Crippen LogP contribution is 2.34. The van der Waals surface area contributed by atoms with Crippen LogP contribution in [0.2, 0.25) is 0 Å². The zero-order chi connectivity index (χ0) is 21.7. The van der Waals surface area contributed by atoms with E-state index in [0.717, 1.165) is 21.9 Å². The van der Waals surface area contributed by atoms with Gasteiger partial charge < -0.3 is 9.47 Å². The van der Waals surface area contributed by atoms with Gasteiger partial charge in [-0.15, -0.1) is 11.3 Å². The van der Waals surface area contributed by atoms with Gasteiger partial charge in [0.1, 0.15) is 15.6 Å². The lowest BCUT2D eigenvalue weighted by Crippen LogP contribution is -2.43.